The van der Waals surface area contributed by atoms with Gasteiger partial charge < -0.3 is 9.88 Å². The number of Topliss-reactive ketones (excluding diaryl/α,β-unsaturated/α-hetero) is 1. The maximum Gasteiger partial charge on any atom is 0.274 e. The van der Waals surface area contributed by atoms with Crippen LogP contribution in [0.3, 0.4) is 0 Å². The Morgan fingerprint density at radius 1 is 1.25 bits per heavy atom. The number of imidazole rings is 1. The number of amides is 1. The van der Waals surface area contributed by atoms with Crippen LogP contribution in [0.2, 0.25) is 5.02 Å². The van der Waals surface area contributed by atoms with E-state index in [2.05, 4.69) is 10.3 Å². The average molecular weight is 406 g/mol. The molecule has 0 bridgehead atoms. The second-order valence-electron chi connectivity index (χ2n) is 7.31. The van der Waals surface area contributed by atoms with Crippen LogP contribution >= 0.6 is 11.6 Å². The van der Waals surface area contributed by atoms with Gasteiger partial charge >= 0.3 is 0 Å². The Labute approximate surface area is 169 Å². The number of ketones is 1. The summed E-state index contributed by atoms with van der Waals surface area (Å²) in [5, 5.41) is 2.73. The number of aryl methyl sites for hydroxylation is 1. The van der Waals surface area contributed by atoms with Crippen LogP contribution < -0.4 is 5.32 Å². The smallest absolute Gasteiger partial charge is 0.274 e. The fraction of sp³-hybridized carbons (Fsp3) is 0.476. The molecule has 5 nitrogen and oxygen atoms in total. The van der Waals surface area contributed by atoms with Gasteiger partial charge in [-0.1, -0.05) is 25.4 Å². The van der Waals surface area contributed by atoms with E-state index in [1.807, 2.05) is 13.8 Å². The number of carbonyl (C=O) groups excluding carboxylic acids is 2. The van der Waals surface area contributed by atoms with E-state index in [-0.39, 0.29) is 16.8 Å². The van der Waals surface area contributed by atoms with Gasteiger partial charge in [0.15, 0.2) is 0 Å². The average Bonchev–Trinajstić information content (AvgIpc) is 3.32. The Kier molecular flexibility index (Phi) is 6.18. The summed E-state index contributed by atoms with van der Waals surface area (Å²) in [7, 11) is 1.78. The molecule has 28 heavy (non-hydrogen) atoms. The Hall–Kier alpha value is -2.21. The number of halogens is 2. The van der Waals surface area contributed by atoms with Gasteiger partial charge in [0.1, 0.15) is 17.3 Å². The van der Waals surface area contributed by atoms with E-state index in [0.29, 0.717) is 41.8 Å². The molecule has 4 rings (SSSR count). The monoisotopic (exact) mass is 405 g/mol. The highest BCUT2D eigenvalue weighted by Crippen LogP contribution is 2.49. The molecular weight excluding hydrogens is 381 g/mol. The maximum atomic E-state index is 13.3. The van der Waals surface area contributed by atoms with Crippen molar-refractivity contribution >= 4 is 29.0 Å². The van der Waals surface area contributed by atoms with E-state index in [0.717, 1.165) is 18.5 Å². The molecule has 1 aromatic carbocycles. The summed E-state index contributed by atoms with van der Waals surface area (Å²) >= 11 is 5.78. The van der Waals surface area contributed by atoms with Gasteiger partial charge in [0, 0.05) is 31.5 Å². The van der Waals surface area contributed by atoms with Crippen molar-refractivity contribution in [2.45, 2.75) is 45.4 Å². The summed E-state index contributed by atoms with van der Waals surface area (Å²) in [6, 6.07) is 4.08. The van der Waals surface area contributed by atoms with Crippen LogP contribution in [0.15, 0.2) is 24.5 Å². The summed E-state index contributed by atoms with van der Waals surface area (Å²) in [5.41, 5.74) is 1.71. The number of rotatable bonds is 3. The summed E-state index contributed by atoms with van der Waals surface area (Å²) in [6.07, 6.45) is 4.75. The van der Waals surface area contributed by atoms with E-state index in [1.54, 1.807) is 17.9 Å². The number of anilines is 1. The third-order valence-electron chi connectivity index (χ3n) is 5.57. The minimum absolute atomic E-state index is 0.0404. The predicted octanol–water partition coefficient (Wildman–Crippen LogP) is 4.96. The molecule has 150 valence electrons. The lowest BCUT2D eigenvalue weighted by molar-refractivity contribution is -0.117. The fourth-order valence-corrected chi connectivity index (χ4v) is 4.57. The van der Waals surface area contributed by atoms with Crippen LogP contribution in [0.5, 0.6) is 0 Å². The summed E-state index contributed by atoms with van der Waals surface area (Å²) in [5.74, 6) is 0.555. The molecule has 1 heterocycles. The Balaban J connectivity index is 0.00000109. The lowest BCUT2D eigenvalue weighted by atomic mass is 9.97. The highest BCUT2D eigenvalue weighted by atomic mass is 35.5. The predicted molar refractivity (Wildman–Crippen MR) is 107 cm³/mol. The van der Waals surface area contributed by atoms with E-state index < -0.39 is 5.82 Å². The summed E-state index contributed by atoms with van der Waals surface area (Å²) in [6.45, 7) is 4.00. The molecule has 1 N–H and O–H groups in total. The molecular formula is C21H25ClFN3O2. The molecule has 1 amide bonds. The van der Waals surface area contributed by atoms with Gasteiger partial charge in [0.25, 0.3) is 5.91 Å². The first-order valence-electron chi connectivity index (χ1n) is 9.71. The van der Waals surface area contributed by atoms with Crippen molar-refractivity contribution in [3.05, 3.63) is 46.8 Å². The van der Waals surface area contributed by atoms with Gasteiger partial charge in [0.2, 0.25) is 0 Å². The number of hydrogen-bond acceptors (Lipinski definition) is 3. The number of benzene rings is 1. The van der Waals surface area contributed by atoms with Crippen molar-refractivity contribution in [1.29, 1.82) is 0 Å². The quantitative estimate of drug-likeness (QED) is 0.784. The Morgan fingerprint density at radius 3 is 2.50 bits per heavy atom. The molecule has 2 aromatic rings. The minimum atomic E-state index is -0.530. The second-order valence-corrected chi connectivity index (χ2v) is 7.71. The van der Waals surface area contributed by atoms with Crippen molar-refractivity contribution in [2.75, 3.05) is 5.32 Å². The third kappa shape index (κ3) is 3.97. The minimum Gasteiger partial charge on any atom is -0.329 e. The van der Waals surface area contributed by atoms with Gasteiger partial charge in [-0.15, -0.1) is 0 Å². The first-order valence-corrected chi connectivity index (χ1v) is 10.1. The lowest BCUT2D eigenvalue weighted by Gasteiger charge is -2.13. The first kappa shape index (κ1) is 20.5. The molecule has 0 saturated heterocycles. The van der Waals surface area contributed by atoms with Crippen molar-refractivity contribution in [2.24, 2.45) is 18.9 Å². The molecule has 2 fully saturated rings. The number of hydrogen-bond donors (Lipinski definition) is 1. The SMILES string of the molecule is CC.Cn1cnc(C2CC3CC(=O)CC3C2)c1C(=O)Nc1ccc(F)c(Cl)c1. The summed E-state index contributed by atoms with van der Waals surface area (Å²) in [4.78, 5) is 28.9. The van der Waals surface area contributed by atoms with E-state index >= 15 is 0 Å². The topological polar surface area (TPSA) is 64.0 Å². The number of nitrogens with zero attached hydrogens (tertiary/aromatic N) is 2. The summed E-state index contributed by atoms with van der Waals surface area (Å²) < 4.78 is 15.0. The van der Waals surface area contributed by atoms with Crippen molar-refractivity contribution in [3.8, 4) is 0 Å². The molecule has 0 aliphatic heterocycles. The van der Waals surface area contributed by atoms with Crippen molar-refractivity contribution < 1.29 is 14.0 Å². The lowest BCUT2D eigenvalue weighted by Crippen LogP contribution is -2.18. The largest absolute Gasteiger partial charge is 0.329 e. The molecule has 2 aliphatic rings. The number of carbonyl (C=O) groups is 2. The second kappa shape index (κ2) is 8.43. The molecule has 0 spiro atoms. The van der Waals surface area contributed by atoms with Gasteiger partial charge in [-0.3, -0.25) is 9.59 Å². The van der Waals surface area contributed by atoms with Crippen LogP contribution in [0.4, 0.5) is 10.1 Å². The van der Waals surface area contributed by atoms with E-state index in [1.165, 1.54) is 18.2 Å². The van der Waals surface area contributed by atoms with Crippen molar-refractivity contribution in [1.82, 2.24) is 9.55 Å². The van der Waals surface area contributed by atoms with Crippen LogP contribution in [0.25, 0.3) is 0 Å². The van der Waals surface area contributed by atoms with Crippen LogP contribution in [0.1, 0.15) is 61.6 Å². The Bertz CT molecular complexity index is 880. The van der Waals surface area contributed by atoms with Crippen LogP contribution in [-0.2, 0) is 11.8 Å². The Morgan fingerprint density at radius 2 is 1.89 bits per heavy atom. The molecule has 7 heteroatoms. The van der Waals surface area contributed by atoms with E-state index in [9.17, 15) is 14.0 Å². The van der Waals surface area contributed by atoms with Crippen LogP contribution in [0, 0.1) is 17.7 Å². The number of aromatic nitrogens is 2. The normalized spacial score (nSPS) is 23.2. The van der Waals surface area contributed by atoms with E-state index in [4.69, 9.17) is 11.6 Å². The molecule has 2 aliphatic carbocycles. The zero-order chi connectivity index (χ0) is 20.4. The first-order chi connectivity index (χ1) is 13.4. The van der Waals surface area contributed by atoms with Gasteiger partial charge in [-0.05, 0) is 42.9 Å². The fourth-order valence-electron chi connectivity index (χ4n) is 4.39. The molecule has 2 atom stereocenters. The molecule has 2 unspecified atom stereocenters. The van der Waals surface area contributed by atoms with Gasteiger partial charge in [-0.25, -0.2) is 9.37 Å². The third-order valence-corrected chi connectivity index (χ3v) is 5.86. The van der Waals surface area contributed by atoms with Crippen LogP contribution in [-0.4, -0.2) is 21.2 Å². The molecule has 1 aromatic heterocycles. The highest BCUT2D eigenvalue weighted by Gasteiger charge is 2.43. The zero-order valence-corrected chi connectivity index (χ0v) is 17.1. The van der Waals surface area contributed by atoms with Crippen molar-refractivity contribution in [3.63, 3.8) is 0 Å². The highest BCUT2D eigenvalue weighted by molar-refractivity contribution is 6.31. The maximum absolute atomic E-state index is 13.3. The number of nitrogens with one attached hydrogen (secondary N) is 1. The van der Waals surface area contributed by atoms with Gasteiger partial charge in [-0.2, -0.15) is 0 Å². The molecule has 0 radical (unpaired) electrons. The standard InChI is InChI=1S/C19H19ClFN3O2.C2H6/c1-24-9-22-17(12-4-10-6-14(25)7-11(10)5-12)18(24)19(26)23-13-2-3-16(21)15(20)8-13;1-2/h2-3,8-12H,4-7H2,1H3,(H,23,26);1-2H3. The molecule has 2 saturated carbocycles. The number of fused-ring (bicyclic) bond motifs is 1. The zero-order valence-electron chi connectivity index (χ0n) is 16.3. The van der Waals surface area contributed by atoms with Gasteiger partial charge in [0.05, 0.1) is 17.0 Å².